The van der Waals surface area contributed by atoms with E-state index in [1.165, 1.54) is 25.6 Å². The summed E-state index contributed by atoms with van der Waals surface area (Å²) < 4.78 is 21.1. The van der Waals surface area contributed by atoms with Crippen LogP contribution >= 0.6 is 0 Å². The predicted octanol–water partition coefficient (Wildman–Crippen LogP) is 2.02. The van der Waals surface area contributed by atoms with Gasteiger partial charge in [0.05, 0.1) is 12.9 Å². The van der Waals surface area contributed by atoms with Crippen LogP contribution in [-0.4, -0.2) is 73.8 Å². The van der Waals surface area contributed by atoms with Gasteiger partial charge >= 0.3 is 0 Å². The summed E-state index contributed by atoms with van der Waals surface area (Å²) in [5.41, 5.74) is 1.31. The van der Waals surface area contributed by atoms with E-state index >= 15 is 0 Å². The zero-order valence-electron chi connectivity index (χ0n) is 19.9. The fourth-order valence-electron chi connectivity index (χ4n) is 6.04. The number of amides is 1. The van der Waals surface area contributed by atoms with E-state index in [9.17, 15) is 4.79 Å². The number of carbonyl (C=O) groups is 1. The van der Waals surface area contributed by atoms with Gasteiger partial charge < -0.3 is 30.0 Å². The fourth-order valence-corrected chi connectivity index (χ4v) is 6.04. The van der Waals surface area contributed by atoms with Gasteiger partial charge in [0.25, 0.3) is 5.91 Å². The van der Waals surface area contributed by atoms with Crippen LogP contribution < -0.4 is 10.6 Å². The molecule has 11 heteroatoms. The molecule has 11 nitrogen and oxygen atoms in total. The van der Waals surface area contributed by atoms with Crippen molar-refractivity contribution < 1.29 is 24.1 Å². The lowest BCUT2D eigenvalue weighted by Gasteiger charge is -2.34. The SMILES string of the molecule is O=C(NCCO)[C@H]1O[C@@H](n2cnc3c(NC4CCCCC4)ncnc32)[C@H]2OC3(CCCCC3)OC12. The van der Waals surface area contributed by atoms with Crippen molar-refractivity contribution in [1.82, 2.24) is 24.8 Å². The van der Waals surface area contributed by atoms with Gasteiger partial charge in [0.1, 0.15) is 18.5 Å². The molecule has 4 fully saturated rings. The van der Waals surface area contributed by atoms with E-state index in [1.54, 1.807) is 6.33 Å². The number of rotatable bonds is 6. The first kappa shape index (κ1) is 23.1. The van der Waals surface area contributed by atoms with Gasteiger partial charge in [0.15, 0.2) is 35.1 Å². The molecule has 0 aromatic carbocycles. The number of aromatic nitrogens is 4. The third-order valence-corrected chi connectivity index (χ3v) is 7.75. The van der Waals surface area contributed by atoms with E-state index in [4.69, 9.17) is 19.3 Å². The maximum Gasteiger partial charge on any atom is 0.252 e. The molecule has 2 saturated carbocycles. The lowest BCUT2D eigenvalue weighted by molar-refractivity contribution is -0.229. The molecule has 4 aliphatic rings. The Balaban J connectivity index is 1.30. The molecule has 0 radical (unpaired) electrons. The Bertz CT molecular complexity index is 1050. The normalized spacial score (nSPS) is 30.5. The fraction of sp³-hybridized carbons (Fsp3) is 0.750. The summed E-state index contributed by atoms with van der Waals surface area (Å²) in [6.07, 6.45) is 11.5. The Kier molecular flexibility index (Phi) is 6.34. The number of carbonyl (C=O) groups excluding carboxylic acids is 1. The third-order valence-electron chi connectivity index (χ3n) is 7.75. The molecule has 2 aromatic rings. The van der Waals surface area contributed by atoms with Crippen LogP contribution in [0, 0.1) is 0 Å². The summed E-state index contributed by atoms with van der Waals surface area (Å²) >= 11 is 0. The number of ether oxygens (including phenoxy) is 3. The molecule has 35 heavy (non-hydrogen) atoms. The molecule has 190 valence electrons. The minimum Gasteiger partial charge on any atom is -0.395 e. The van der Waals surface area contributed by atoms with E-state index in [0.29, 0.717) is 17.2 Å². The number of aliphatic hydroxyl groups excluding tert-OH is 1. The predicted molar refractivity (Wildman–Crippen MR) is 125 cm³/mol. The first-order chi connectivity index (χ1) is 17.2. The summed E-state index contributed by atoms with van der Waals surface area (Å²) in [5.74, 6) is -0.268. The van der Waals surface area contributed by atoms with Crippen LogP contribution in [0.5, 0.6) is 0 Å². The number of hydrogen-bond donors (Lipinski definition) is 3. The quantitative estimate of drug-likeness (QED) is 0.561. The van der Waals surface area contributed by atoms with Crippen LogP contribution in [0.2, 0.25) is 0 Å². The molecule has 2 aliphatic heterocycles. The Labute approximate surface area is 203 Å². The largest absolute Gasteiger partial charge is 0.395 e. The Morgan fingerprint density at radius 3 is 2.63 bits per heavy atom. The molecular formula is C24H34N6O5. The van der Waals surface area contributed by atoms with Crippen LogP contribution in [0.1, 0.15) is 70.4 Å². The van der Waals surface area contributed by atoms with Gasteiger partial charge in [-0.05, 0) is 25.7 Å². The van der Waals surface area contributed by atoms with E-state index < -0.39 is 30.3 Å². The molecular weight excluding hydrogens is 452 g/mol. The lowest BCUT2D eigenvalue weighted by Crippen LogP contribution is -2.44. The smallest absolute Gasteiger partial charge is 0.252 e. The maximum atomic E-state index is 12.9. The Morgan fingerprint density at radius 2 is 1.83 bits per heavy atom. The van der Waals surface area contributed by atoms with Gasteiger partial charge in [-0.25, -0.2) is 15.0 Å². The van der Waals surface area contributed by atoms with Crippen molar-refractivity contribution in [1.29, 1.82) is 0 Å². The van der Waals surface area contributed by atoms with Gasteiger partial charge in [-0.1, -0.05) is 25.7 Å². The second-order valence-corrected chi connectivity index (χ2v) is 10.1. The van der Waals surface area contributed by atoms with Crippen molar-refractivity contribution in [2.45, 2.75) is 101 Å². The first-order valence-corrected chi connectivity index (χ1v) is 13.0. The van der Waals surface area contributed by atoms with Gasteiger partial charge in [-0.2, -0.15) is 0 Å². The summed E-state index contributed by atoms with van der Waals surface area (Å²) in [6, 6.07) is 0.386. The maximum absolute atomic E-state index is 12.9. The third kappa shape index (κ3) is 4.28. The molecule has 6 rings (SSSR count). The standard InChI is InChI=1S/C24H34N6O5/c31-12-11-25-22(32)18-17-19(35-24(34-17)9-5-2-6-10-24)23(33-18)30-14-28-16-20(26-13-27-21(16)30)29-15-7-3-1-4-8-15/h13-15,17-19,23,31H,1-12H2,(H,25,32)(H,26,27,29)/t17?,18-,19-,23+/m0/s1. The molecule has 1 unspecified atom stereocenters. The number of fused-ring (bicyclic) bond motifs is 2. The molecule has 3 N–H and O–H groups in total. The number of imidazole rings is 1. The number of nitrogens with one attached hydrogen (secondary N) is 2. The van der Waals surface area contributed by atoms with E-state index in [0.717, 1.165) is 50.8 Å². The molecule has 2 aromatic heterocycles. The monoisotopic (exact) mass is 486 g/mol. The highest BCUT2D eigenvalue weighted by atomic mass is 16.8. The second kappa shape index (κ2) is 9.61. The Morgan fingerprint density at radius 1 is 1.06 bits per heavy atom. The highest BCUT2D eigenvalue weighted by Crippen LogP contribution is 2.49. The van der Waals surface area contributed by atoms with Crippen molar-refractivity contribution in [2.75, 3.05) is 18.5 Å². The second-order valence-electron chi connectivity index (χ2n) is 10.1. The van der Waals surface area contributed by atoms with Crippen LogP contribution in [0.25, 0.3) is 11.2 Å². The first-order valence-electron chi connectivity index (χ1n) is 13.0. The molecule has 1 amide bonds. The summed E-state index contributed by atoms with van der Waals surface area (Å²) in [7, 11) is 0. The number of hydrogen-bond acceptors (Lipinski definition) is 9. The minimum atomic E-state index is -0.850. The van der Waals surface area contributed by atoms with E-state index in [1.807, 2.05) is 4.57 Å². The van der Waals surface area contributed by atoms with E-state index in [-0.39, 0.29) is 19.1 Å². The van der Waals surface area contributed by atoms with Crippen molar-refractivity contribution in [3.63, 3.8) is 0 Å². The Hall–Kier alpha value is -2.34. The van der Waals surface area contributed by atoms with Gasteiger partial charge in [0.2, 0.25) is 0 Å². The molecule has 0 bridgehead atoms. The highest BCUT2D eigenvalue weighted by Gasteiger charge is 2.60. The highest BCUT2D eigenvalue weighted by molar-refractivity contribution is 5.83. The minimum absolute atomic E-state index is 0.142. The van der Waals surface area contributed by atoms with Gasteiger partial charge in [-0.3, -0.25) is 9.36 Å². The molecule has 2 aliphatic carbocycles. The number of anilines is 1. The number of nitrogens with zero attached hydrogens (tertiary/aromatic N) is 4. The van der Waals surface area contributed by atoms with Crippen molar-refractivity contribution >= 4 is 22.9 Å². The van der Waals surface area contributed by atoms with Crippen molar-refractivity contribution in [2.24, 2.45) is 0 Å². The number of aliphatic hydroxyl groups is 1. The molecule has 4 atom stereocenters. The zero-order valence-corrected chi connectivity index (χ0v) is 19.9. The summed E-state index contributed by atoms with van der Waals surface area (Å²) in [6.45, 7) is 0.0152. The molecule has 4 heterocycles. The summed E-state index contributed by atoms with van der Waals surface area (Å²) in [4.78, 5) is 26.5. The molecule has 1 spiro atoms. The van der Waals surface area contributed by atoms with Crippen molar-refractivity contribution in [3.8, 4) is 0 Å². The van der Waals surface area contributed by atoms with E-state index in [2.05, 4.69) is 25.6 Å². The zero-order chi connectivity index (χ0) is 23.8. The van der Waals surface area contributed by atoms with Gasteiger partial charge in [-0.15, -0.1) is 0 Å². The van der Waals surface area contributed by atoms with Crippen LogP contribution in [-0.2, 0) is 19.0 Å². The topological polar surface area (TPSA) is 133 Å². The van der Waals surface area contributed by atoms with Crippen molar-refractivity contribution in [3.05, 3.63) is 12.7 Å². The van der Waals surface area contributed by atoms with Crippen LogP contribution in [0.3, 0.4) is 0 Å². The lowest BCUT2D eigenvalue weighted by atomic mass is 9.94. The van der Waals surface area contributed by atoms with Crippen LogP contribution in [0.4, 0.5) is 5.82 Å². The van der Waals surface area contributed by atoms with Gasteiger partial charge in [0, 0.05) is 25.4 Å². The average molecular weight is 487 g/mol. The molecule has 2 saturated heterocycles. The van der Waals surface area contributed by atoms with Crippen LogP contribution in [0.15, 0.2) is 12.7 Å². The summed E-state index contributed by atoms with van der Waals surface area (Å²) in [5, 5.41) is 15.4. The average Bonchev–Trinajstić information content (AvgIpc) is 3.56.